The molecule has 1 saturated heterocycles. The summed E-state index contributed by atoms with van der Waals surface area (Å²) in [6.45, 7) is 6.57. The molecule has 2 aromatic rings. The van der Waals surface area contributed by atoms with Crippen molar-refractivity contribution in [2.45, 2.75) is 13.5 Å². The fourth-order valence-electron chi connectivity index (χ4n) is 2.99. The number of hydrogen-bond acceptors (Lipinski definition) is 7. The SMILES string of the molecule is CCN1CCN(c2ncnc(NCc3ccccc3Cl)c2[N+](=O)[O-])CC1. The Morgan fingerprint density at radius 3 is 2.62 bits per heavy atom. The summed E-state index contributed by atoms with van der Waals surface area (Å²) in [6, 6.07) is 7.36. The van der Waals surface area contributed by atoms with Crippen LogP contribution in [0.1, 0.15) is 12.5 Å². The summed E-state index contributed by atoms with van der Waals surface area (Å²) in [4.78, 5) is 23.8. The third-order valence-corrected chi connectivity index (χ3v) is 4.88. The van der Waals surface area contributed by atoms with Crippen molar-refractivity contribution in [1.29, 1.82) is 0 Å². The summed E-state index contributed by atoms with van der Waals surface area (Å²) in [7, 11) is 0. The van der Waals surface area contributed by atoms with Crippen molar-refractivity contribution in [3.63, 3.8) is 0 Å². The standard InChI is InChI=1S/C17H21ClN6O2/c1-2-22-7-9-23(10-8-22)17-15(24(25)26)16(20-12-21-17)19-11-13-5-3-4-6-14(13)18/h3-6,12H,2,7-11H2,1H3,(H,19,20,21). The zero-order valence-corrected chi connectivity index (χ0v) is 15.3. The summed E-state index contributed by atoms with van der Waals surface area (Å²) in [5, 5.41) is 15.3. The average Bonchev–Trinajstić information content (AvgIpc) is 2.67. The molecular formula is C17H21ClN6O2. The van der Waals surface area contributed by atoms with Gasteiger partial charge in [-0.2, -0.15) is 0 Å². The Morgan fingerprint density at radius 2 is 1.96 bits per heavy atom. The highest BCUT2D eigenvalue weighted by Gasteiger charge is 2.28. The van der Waals surface area contributed by atoms with Gasteiger partial charge < -0.3 is 15.1 Å². The van der Waals surface area contributed by atoms with E-state index in [-0.39, 0.29) is 11.5 Å². The van der Waals surface area contributed by atoms with Crippen molar-refractivity contribution in [3.05, 3.63) is 51.3 Å². The first-order valence-electron chi connectivity index (χ1n) is 8.54. The Balaban J connectivity index is 1.82. The monoisotopic (exact) mass is 376 g/mol. The number of nitrogens with zero attached hydrogens (tertiary/aromatic N) is 5. The summed E-state index contributed by atoms with van der Waals surface area (Å²) >= 11 is 6.15. The molecule has 1 fully saturated rings. The van der Waals surface area contributed by atoms with Gasteiger partial charge >= 0.3 is 5.69 Å². The molecule has 0 bridgehead atoms. The molecule has 3 rings (SSSR count). The van der Waals surface area contributed by atoms with Gasteiger partial charge in [-0.1, -0.05) is 36.7 Å². The van der Waals surface area contributed by atoms with Gasteiger partial charge in [0.2, 0.25) is 11.6 Å². The van der Waals surface area contributed by atoms with Gasteiger partial charge in [0, 0.05) is 37.7 Å². The van der Waals surface area contributed by atoms with Crippen LogP contribution in [-0.4, -0.2) is 52.5 Å². The van der Waals surface area contributed by atoms with Crippen LogP contribution in [0.2, 0.25) is 5.02 Å². The molecule has 1 aromatic carbocycles. The second-order valence-electron chi connectivity index (χ2n) is 6.02. The van der Waals surface area contributed by atoms with Gasteiger partial charge in [0.25, 0.3) is 0 Å². The van der Waals surface area contributed by atoms with Crippen molar-refractivity contribution in [1.82, 2.24) is 14.9 Å². The fraction of sp³-hybridized carbons (Fsp3) is 0.412. The largest absolute Gasteiger partial charge is 0.360 e. The van der Waals surface area contributed by atoms with Crippen LogP contribution < -0.4 is 10.2 Å². The zero-order valence-electron chi connectivity index (χ0n) is 14.6. The van der Waals surface area contributed by atoms with Crippen molar-refractivity contribution in [2.75, 3.05) is 42.9 Å². The fourth-order valence-corrected chi connectivity index (χ4v) is 3.20. The van der Waals surface area contributed by atoms with E-state index in [0.717, 1.165) is 25.2 Å². The molecule has 0 spiro atoms. The van der Waals surface area contributed by atoms with E-state index in [1.807, 2.05) is 23.1 Å². The topological polar surface area (TPSA) is 87.4 Å². The maximum Gasteiger partial charge on any atom is 0.353 e. The van der Waals surface area contributed by atoms with Crippen LogP contribution in [0.5, 0.6) is 0 Å². The van der Waals surface area contributed by atoms with Crippen LogP contribution in [0, 0.1) is 10.1 Å². The van der Waals surface area contributed by atoms with Crippen LogP contribution >= 0.6 is 11.6 Å². The van der Waals surface area contributed by atoms with Crippen LogP contribution in [-0.2, 0) is 6.54 Å². The van der Waals surface area contributed by atoms with Crippen LogP contribution in [0.3, 0.4) is 0 Å². The maximum absolute atomic E-state index is 11.7. The smallest absolute Gasteiger partial charge is 0.353 e. The van der Waals surface area contributed by atoms with Crippen LogP contribution in [0.25, 0.3) is 0 Å². The summed E-state index contributed by atoms with van der Waals surface area (Å²) < 4.78 is 0. The molecule has 9 heteroatoms. The molecule has 1 aromatic heterocycles. The van der Waals surface area contributed by atoms with E-state index in [9.17, 15) is 10.1 Å². The summed E-state index contributed by atoms with van der Waals surface area (Å²) in [5.74, 6) is 0.570. The Labute approximate surface area is 157 Å². The molecule has 0 radical (unpaired) electrons. The van der Waals surface area contributed by atoms with E-state index < -0.39 is 4.92 Å². The molecule has 0 unspecified atom stereocenters. The lowest BCUT2D eigenvalue weighted by Gasteiger charge is -2.34. The van der Waals surface area contributed by atoms with Crippen LogP contribution in [0.4, 0.5) is 17.3 Å². The number of anilines is 2. The van der Waals surface area contributed by atoms with Gasteiger partial charge in [-0.25, -0.2) is 9.97 Å². The van der Waals surface area contributed by atoms with Gasteiger partial charge in [-0.05, 0) is 18.2 Å². The number of rotatable bonds is 6. The van der Waals surface area contributed by atoms with Crippen molar-refractivity contribution in [3.8, 4) is 0 Å². The van der Waals surface area contributed by atoms with Crippen molar-refractivity contribution in [2.24, 2.45) is 0 Å². The van der Waals surface area contributed by atoms with Crippen molar-refractivity contribution >= 4 is 28.9 Å². The minimum absolute atomic E-state index is 0.0931. The molecule has 1 N–H and O–H groups in total. The molecular weight excluding hydrogens is 356 g/mol. The van der Waals surface area contributed by atoms with Gasteiger partial charge in [0.1, 0.15) is 6.33 Å². The minimum Gasteiger partial charge on any atom is -0.360 e. The predicted molar refractivity (Wildman–Crippen MR) is 102 cm³/mol. The normalized spacial score (nSPS) is 15.1. The van der Waals surface area contributed by atoms with Crippen molar-refractivity contribution < 1.29 is 4.92 Å². The van der Waals surface area contributed by atoms with E-state index in [0.29, 0.717) is 30.5 Å². The molecule has 0 amide bonds. The lowest BCUT2D eigenvalue weighted by Crippen LogP contribution is -2.46. The maximum atomic E-state index is 11.7. The molecule has 26 heavy (non-hydrogen) atoms. The second-order valence-corrected chi connectivity index (χ2v) is 6.43. The van der Waals surface area contributed by atoms with E-state index in [2.05, 4.69) is 27.1 Å². The third-order valence-electron chi connectivity index (χ3n) is 4.51. The second kappa shape index (κ2) is 8.29. The zero-order chi connectivity index (χ0) is 18.5. The Hall–Kier alpha value is -2.45. The van der Waals surface area contributed by atoms with E-state index in [1.54, 1.807) is 6.07 Å². The molecule has 1 aliphatic heterocycles. The number of piperazine rings is 1. The molecule has 8 nitrogen and oxygen atoms in total. The Kier molecular flexibility index (Phi) is 5.85. The lowest BCUT2D eigenvalue weighted by atomic mass is 10.2. The van der Waals surface area contributed by atoms with Gasteiger partial charge in [0.05, 0.1) is 4.92 Å². The van der Waals surface area contributed by atoms with Crippen LogP contribution in [0.15, 0.2) is 30.6 Å². The number of hydrogen-bond donors (Lipinski definition) is 1. The number of likely N-dealkylation sites (N-methyl/N-ethyl adjacent to an activating group) is 1. The number of halogens is 1. The predicted octanol–water partition coefficient (Wildman–Crippen LogP) is 2.79. The minimum atomic E-state index is -0.420. The average molecular weight is 377 g/mol. The highest BCUT2D eigenvalue weighted by atomic mass is 35.5. The molecule has 1 aliphatic rings. The van der Waals surface area contributed by atoms with Gasteiger partial charge in [-0.15, -0.1) is 0 Å². The quantitative estimate of drug-likeness (QED) is 0.612. The number of nitrogens with one attached hydrogen (secondary N) is 1. The van der Waals surface area contributed by atoms with E-state index in [4.69, 9.17) is 11.6 Å². The molecule has 0 aliphatic carbocycles. The Morgan fingerprint density at radius 1 is 1.23 bits per heavy atom. The molecule has 2 heterocycles. The number of benzene rings is 1. The molecule has 0 saturated carbocycles. The molecule has 138 valence electrons. The first kappa shape index (κ1) is 18.3. The highest BCUT2D eigenvalue weighted by Crippen LogP contribution is 2.32. The van der Waals surface area contributed by atoms with Gasteiger partial charge in [0.15, 0.2) is 0 Å². The summed E-state index contributed by atoms with van der Waals surface area (Å²) in [5.41, 5.74) is 0.754. The summed E-state index contributed by atoms with van der Waals surface area (Å²) in [6.07, 6.45) is 1.36. The number of nitro groups is 1. The first-order valence-corrected chi connectivity index (χ1v) is 8.92. The third kappa shape index (κ3) is 4.03. The number of aromatic nitrogens is 2. The van der Waals surface area contributed by atoms with E-state index >= 15 is 0 Å². The van der Waals surface area contributed by atoms with E-state index in [1.165, 1.54) is 6.33 Å². The first-order chi connectivity index (χ1) is 12.6. The highest BCUT2D eigenvalue weighted by molar-refractivity contribution is 6.31. The Bertz CT molecular complexity index is 780. The van der Waals surface area contributed by atoms with Gasteiger partial charge in [-0.3, -0.25) is 10.1 Å². The molecule has 0 atom stereocenters. The lowest BCUT2D eigenvalue weighted by molar-refractivity contribution is -0.383.